The number of benzene rings is 3. The summed E-state index contributed by atoms with van der Waals surface area (Å²) in [5.74, 6) is -0.172. The zero-order valence-electron chi connectivity index (χ0n) is 20.7. The Bertz CT molecular complexity index is 1650. The van der Waals surface area contributed by atoms with Crippen molar-refractivity contribution in [3.8, 4) is 22.6 Å². The smallest absolute Gasteiger partial charge is 0.269 e. The highest BCUT2D eigenvalue weighted by atomic mass is 19.1. The second-order valence-electron chi connectivity index (χ2n) is 8.54. The van der Waals surface area contributed by atoms with E-state index in [4.69, 9.17) is 4.74 Å². The number of nitrogens with zero attached hydrogens (tertiary/aromatic N) is 2. The van der Waals surface area contributed by atoms with E-state index < -0.39 is 5.95 Å². The van der Waals surface area contributed by atoms with Gasteiger partial charge in [-0.2, -0.15) is 4.39 Å². The molecule has 0 aliphatic carbocycles. The van der Waals surface area contributed by atoms with Gasteiger partial charge in [-0.1, -0.05) is 36.4 Å². The fraction of sp³-hybridized carbons (Fsp3) is 0.0667. The molecule has 5 rings (SSSR count). The Balaban J connectivity index is 1.40. The first-order valence-electron chi connectivity index (χ1n) is 11.8. The molecule has 2 aromatic heterocycles. The molecule has 3 aromatic carbocycles. The summed E-state index contributed by atoms with van der Waals surface area (Å²) in [6, 6.07) is 22.7. The second kappa shape index (κ2) is 10.5. The van der Waals surface area contributed by atoms with Gasteiger partial charge in [-0.05, 0) is 59.8 Å². The number of nitrogens with one attached hydrogen (secondary N) is 2. The number of hydrogen-bond acceptors (Lipinski definition) is 5. The minimum absolute atomic E-state index is 0.234. The topological polar surface area (TPSA) is 93.2 Å². The Hall–Kier alpha value is -5.11. The maximum absolute atomic E-state index is 14.2. The Morgan fingerprint density at radius 3 is 2.34 bits per heavy atom. The van der Waals surface area contributed by atoms with Crippen LogP contribution in [-0.4, -0.2) is 28.8 Å². The molecule has 0 unspecified atom stereocenters. The number of carbonyl (C=O) groups excluding carboxylic acids is 2. The minimum atomic E-state index is -0.535. The SMILES string of the molecule is CNC(=O)c1cc(Oc2cccc3c(C(=O)Nc4ccc(-c5c(C)ccnc5F)cc4)cccc23)ccn1. The van der Waals surface area contributed by atoms with Crippen LogP contribution < -0.4 is 15.4 Å². The third kappa shape index (κ3) is 4.92. The molecule has 2 amide bonds. The molecule has 0 aliphatic rings. The monoisotopic (exact) mass is 506 g/mol. The highest BCUT2D eigenvalue weighted by Crippen LogP contribution is 2.32. The van der Waals surface area contributed by atoms with Crippen molar-refractivity contribution in [2.75, 3.05) is 12.4 Å². The normalized spacial score (nSPS) is 10.7. The van der Waals surface area contributed by atoms with E-state index in [0.29, 0.717) is 39.3 Å². The number of carbonyl (C=O) groups is 2. The van der Waals surface area contributed by atoms with E-state index in [1.54, 1.807) is 66.7 Å². The predicted octanol–water partition coefficient (Wildman–Crippen LogP) is 6.15. The van der Waals surface area contributed by atoms with Gasteiger partial charge in [-0.3, -0.25) is 14.6 Å². The third-order valence-corrected chi connectivity index (χ3v) is 6.09. The maximum atomic E-state index is 14.2. The van der Waals surface area contributed by atoms with Gasteiger partial charge in [0.1, 0.15) is 17.2 Å². The van der Waals surface area contributed by atoms with Crippen molar-refractivity contribution in [3.05, 3.63) is 114 Å². The zero-order chi connectivity index (χ0) is 26.6. The Labute approximate surface area is 218 Å². The van der Waals surface area contributed by atoms with E-state index >= 15 is 0 Å². The van der Waals surface area contributed by atoms with Crippen LogP contribution in [0, 0.1) is 12.9 Å². The lowest BCUT2D eigenvalue weighted by atomic mass is 10.0. The number of hydrogen-bond donors (Lipinski definition) is 2. The van der Waals surface area contributed by atoms with Crippen LogP contribution in [0.15, 0.2) is 91.3 Å². The van der Waals surface area contributed by atoms with E-state index in [-0.39, 0.29) is 17.5 Å². The van der Waals surface area contributed by atoms with Crippen molar-refractivity contribution >= 4 is 28.3 Å². The molecule has 0 atom stereocenters. The average Bonchev–Trinajstić information content (AvgIpc) is 2.93. The first-order valence-corrected chi connectivity index (χ1v) is 11.8. The van der Waals surface area contributed by atoms with Crippen LogP contribution in [0.25, 0.3) is 21.9 Å². The third-order valence-electron chi connectivity index (χ3n) is 6.09. The molecule has 0 radical (unpaired) electrons. The molecule has 0 saturated heterocycles. The Kier molecular flexibility index (Phi) is 6.78. The van der Waals surface area contributed by atoms with Crippen LogP contribution in [0.1, 0.15) is 26.4 Å². The number of amides is 2. The largest absolute Gasteiger partial charge is 0.457 e. The van der Waals surface area contributed by atoms with E-state index in [1.807, 2.05) is 19.1 Å². The van der Waals surface area contributed by atoms with E-state index in [1.165, 1.54) is 19.4 Å². The van der Waals surface area contributed by atoms with Gasteiger partial charge in [0, 0.05) is 47.7 Å². The molecule has 7 nitrogen and oxygen atoms in total. The summed E-state index contributed by atoms with van der Waals surface area (Å²) in [5.41, 5.74) is 3.16. The van der Waals surface area contributed by atoms with Crippen molar-refractivity contribution in [3.63, 3.8) is 0 Å². The van der Waals surface area contributed by atoms with Gasteiger partial charge in [-0.15, -0.1) is 0 Å². The lowest BCUT2D eigenvalue weighted by Crippen LogP contribution is -2.18. The van der Waals surface area contributed by atoms with Crippen LogP contribution in [0.2, 0.25) is 0 Å². The Morgan fingerprint density at radius 1 is 0.842 bits per heavy atom. The lowest BCUT2D eigenvalue weighted by molar-refractivity contribution is 0.0957. The number of anilines is 1. The highest BCUT2D eigenvalue weighted by Gasteiger charge is 2.15. The summed E-state index contributed by atoms with van der Waals surface area (Å²) in [6.07, 6.45) is 2.93. The number of halogens is 1. The number of rotatable bonds is 6. The number of aryl methyl sites for hydroxylation is 1. The van der Waals surface area contributed by atoms with Crippen molar-refractivity contribution in [2.45, 2.75) is 6.92 Å². The summed E-state index contributed by atoms with van der Waals surface area (Å²) >= 11 is 0. The molecule has 188 valence electrons. The van der Waals surface area contributed by atoms with Crippen LogP contribution in [-0.2, 0) is 0 Å². The number of ether oxygens (including phenoxy) is 1. The lowest BCUT2D eigenvalue weighted by Gasteiger charge is -2.13. The quantitative estimate of drug-likeness (QED) is 0.270. The predicted molar refractivity (Wildman–Crippen MR) is 144 cm³/mol. The van der Waals surface area contributed by atoms with E-state index in [9.17, 15) is 14.0 Å². The molecular formula is C30H23FN4O3. The summed E-state index contributed by atoms with van der Waals surface area (Å²) in [4.78, 5) is 33.0. The van der Waals surface area contributed by atoms with Crippen molar-refractivity contribution in [2.24, 2.45) is 0 Å². The molecule has 0 fully saturated rings. The molecule has 0 bridgehead atoms. The average molecular weight is 507 g/mol. The van der Waals surface area contributed by atoms with E-state index in [2.05, 4.69) is 20.6 Å². The number of aromatic nitrogens is 2. The fourth-order valence-corrected chi connectivity index (χ4v) is 4.21. The molecule has 2 heterocycles. The molecule has 2 N–H and O–H groups in total. The van der Waals surface area contributed by atoms with Crippen LogP contribution in [0.4, 0.5) is 10.1 Å². The summed E-state index contributed by atoms with van der Waals surface area (Å²) in [7, 11) is 1.53. The molecule has 0 aliphatic heterocycles. The van der Waals surface area contributed by atoms with Gasteiger partial charge in [0.2, 0.25) is 5.95 Å². The molecule has 0 saturated carbocycles. The molecule has 5 aromatic rings. The van der Waals surface area contributed by atoms with Crippen LogP contribution in [0.5, 0.6) is 11.5 Å². The van der Waals surface area contributed by atoms with Gasteiger partial charge >= 0.3 is 0 Å². The first-order chi connectivity index (χ1) is 18.4. The molecular weight excluding hydrogens is 483 g/mol. The van der Waals surface area contributed by atoms with Gasteiger partial charge in [-0.25, -0.2) is 4.98 Å². The van der Waals surface area contributed by atoms with Gasteiger partial charge < -0.3 is 15.4 Å². The van der Waals surface area contributed by atoms with Crippen molar-refractivity contribution in [1.29, 1.82) is 0 Å². The minimum Gasteiger partial charge on any atom is -0.457 e. The zero-order valence-corrected chi connectivity index (χ0v) is 20.7. The van der Waals surface area contributed by atoms with Crippen molar-refractivity contribution in [1.82, 2.24) is 15.3 Å². The Morgan fingerprint density at radius 2 is 1.58 bits per heavy atom. The van der Waals surface area contributed by atoms with Gasteiger partial charge in [0.15, 0.2) is 0 Å². The second-order valence-corrected chi connectivity index (χ2v) is 8.54. The van der Waals surface area contributed by atoms with Crippen LogP contribution in [0.3, 0.4) is 0 Å². The van der Waals surface area contributed by atoms with Gasteiger partial charge in [0.05, 0.1) is 0 Å². The molecule has 38 heavy (non-hydrogen) atoms. The van der Waals surface area contributed by atoms with E-state index in [0.717, 1.165) is 10.9 Å². The number of pyridine rings is 2. The maximum Gasteiger partial charge on any atom is 0.269 e. The van der Waals surface area contributed by atoms with Gasteiger partial charge in [0.25, 0.3) is 11.8 Å². The van der Waals surface area contributed by atoms with Crippen molar-refractivity contribution < 1.29 is 18.7 Å². The molecule has 8 heteroatoms. The fourth-order valence-electron chi connectivity index (χ4n) is 4.21. The summed E-state index contributed by atoms with van der Waals surface area (Å²) in [5, 5.41) is 6.88. The standard InChI is InChI=1S/C30H23FN4O3/c1-18-13-15-34-28(31)27(18)19-9-11-20(12-10-19)35-29(36)24-7-3-6-23-22(24)5-4-8-26(23)38-21-14-16-33-25(17-21)30(37)32-2/h3-17H,1-2H3,(H,32,37)(H,35,36). The summed E-state index contributed by atoms with van der Waals surface area (Å²) < 4.78 is 20.3. The highest BCUT2D eigenvalue weighted by molar-refractivity contribution is 6.13. The first kappa shape index (κ1) is 24.6. The number of fused-ring (bicyclic) bond motifs is 1. The molecule has 0 spiro atoms. The van der Waals surface area contributed by atoms with Crippen LogP contribution >= 0.6 is 0 Å². The summed E-state index contributed by atoms with van der Waals surface area (Å²) in [6.45, 7) is 1.82.